The van der Waals surface area contributed by atoms with Crippen LogP contribution in [0.1, 0.15) is 24.2 Å². The first kappa shape index (κ1) is 13.7. The molecule has 0 fully saturated rings. The first-order chi connectivity index (χ1) is 8.60. The lowest BCUT2D eigenvalue weighted by molar-refractivity contribution is 0.0697. The van der Waals surface area contributed by atoms with E-state index in [9.17, 15) is 13.2 Å². The van der Waals surface area contributed by atoms with Crippen molar-refractivity contribution in [2.75, 3.05) is 22.4 Å². The van der Waals surface area contributed by atoms with Gasteiger partial charge in [-0.25, -0.2) is 13.2 Å². The topological polar surface area (TPSA) is 86.7 Å². The molecule has 0 saturated carbocycles. The molecule has 1 aromatic rings. The number of anilines is 2. The number of nitrogens with zero attached hydrogens (tertiary/aromatic N) is 1. The number of hydrogen-bond acceptors (Lipinski definition) is 4. The Balaban J connectivity index is 2.60. The first-order valence-electron chi connectivity index (χ1n) is 5.73. The third-order valence-corrected chi connectivity index (χ3v) is 4.05. The lowest BCUT2D eigenvalue weighted by Gasteiger charge is -2.40. The molecule has 1 aliphatic rings. The highest BCUT2D eigenvalue weighted by atomic mass is 32.2. The van der Waals surface area contributed by atoms with Crippen molar-refractivity contribution in [3.63, 3.8) is 0 Å². The maximum Gasteiger partial charge on any atom is 0.335 e. The van der Waals surface area contributed by atoms with E-state index in [1.807, 2.05) is 13.8 Å². The smallest absolute Gasteiger partial charge is 0.335 e. The lowest BCUT2D eigenvalue weighted by atomic mass is 10.0. The molecular weight excluding hydrogens is 268 g/mol. The van der Waals surface area contributed by atoms with Gasteiger partial charge in [-0.15, -0.1) is 0 Å². The molecular formula is C12H16N2O4S. The molecule has 1 aromatic carbocycles. The molecule has 0 unspecified atom stereocenters. The first-order valence-corrected chi connectivity index (χ1v) is 7.58. The lowest BCUT2D eigenvalue weighted by Crippen LogP contribution is -2.50. The summed E-state index contributed by atoms with van der Waals surface area (Å²) in [5.74, 6) is -1.04. The maximum atomic E-state index is 11.8. The van der Waals surface area contributed by atoms with Crippen LogP contribution in [0.4, 0.5) is 11.4 Å². The van der Waals surface area contributed by atoms with Crippen LogP contribution in [-0.2, 0) is 10.0 Å². The number of sulfonamides is 1. The minimum absolute atomic E-state index is 0.123. The molecule has 2 N–H and O–H groups in total. The van der Waals surface area contributed by atoms with Crippen molar-refractivity contribution in [1.82, 2.24) is 0 Å². The van der Waals surface area contributed by atoms with Crippen LogP contribution in [-0.4, -0.2) is 37.8 Å². The van der Waals surface area contributed by atoms with Gasteiger partial charge in [-0.05, 0) is 32.0 Å². The average Bonchev–Trinajstić information content (AvgIpc) is 2.24. The second-order valence-electron chi connectivity index (χ2n) is 5.32. The van der Waals surface area contributed by atoms with Crippen LogP contribution >= 0.6 is 0 Å². The third-order valence-electron chi connectivity index (χ3n) is 2.92. The van der Waals surface area contributed by atoms with Crippen LogP contribution in [0.5, 0.6) is 0 Å². The van der Waals surface area contributed by atoms with Gasteiger partial charge in [0.05, 0.1) is 35.3 Å². The Kier molecular flexibility index (Phi) is 2.97. The van der Waals surface area contributed by atoms with Gasteiger partial charge in [0.2, 0.25) is 10.0 Å². The molecule has 0 radical (unpaired) electrons. The van der Waals surface area contributed by atoms with E-state index in [0.717, 1.165) is 6.26 Å². The molecule has 1 aliphatic heterocycles. The van der Waals surface area contributed by atoms with Crippen LogP contribution < -0.4 is 9.62 Å². The summed E-state index contributed by atoms with van der Waals surface area (Å²) < 4.78 is 25.0. The quantitative estimate of drug-likeness (QED) is 0.856. The van der Waals surface area contributed by atoms with Gasteiger partial charge in [-0.1, -0.05) is 0 Å². The number of aromatic carboxylic acids is 1. The van der Waals surface area contributed by atoms with E-state index in [1.54, 1.807) is 0 Å². The van der Waals surface area contributed by atoms with Crippen molar-refractivity contribution in [3.05, 3.63) is 23.8 Å². The Morgan fingerprint density at radius 2 is 2.05 bits per heavy atom. The molecule has 0 amide bonds. The van der Waals surface area contributed by atoms with Crippen LogP contribution in [0, 0.1) is 0 Å². The summed E-state index contributed by atoms with van der Waals surface area (Å²) in [5, 5.41) is 12.1. The fourth-order valence-corrected chi connectivity index (χ4v) is 3.20. The fraction of sp³-hybridized carbons (Fsp3) is 0.417. The Labute approximate surface area is 112 Å². The molecule has 0 aliphatic carbocycles. The maximum absolute atomic E-state index is 11.8. The van der Waals surface area contributed by atoms with Gasteiger partial charge < -0.3 is 10.4 Å². The van der Waals surface area contributed by atoms with E-state index in [2.05, 4.69) is 5.32 Å². The van der Waals surface area contributed by atoms with Gasteiger partial charge in [0.15, 0.2) is 0 Å². The number of benzene rings is 1. The van der Waals surface area contributed by atoms with E-state index in [1.165, 1.54) is 22.5 Å². The van der Waals surface area contributed by atoms with Crippen molar-refractivity contribution >= 4 is 27.4 Å². The largest absolute Gasteiger partial charge is 0.478 e. The Morgan fingerprint density at radius 3 is 2.58 bits per heavy atom. The van der Waals surface area contributed by atoms with Crippen molar-refractivity contribution in [2.24, 2.45) is 0 Å². The Hall–Kier alpha value is -1.76. The molecule has 0 atom stereocenters. The average molecular weight is 284 g/mol. The minimum Gasteiger partial charge on any atom is -0.478 e. The fourth-order valence-electron chi connectivity index (χ4n) is 2.13. The number of rotatable bonds is 2. The van der Waals surface area contributed by atoms with Crippen molar-refractivity contribution in [3.8, 4) is 0 Å². The van der Waals surface area contributed by atoms with Crippen molar-refractivity contribution < 1.29 is 18.3 Å². The summed E-state index contributed by atoms with van der Waals surface area (Å²) in [5.41, 5.74) is 0.651. The standard InChI is InChI=1S/C12H16N2O4S/c1-12(2)7-14(19(3,17)18)10-5-4-8(11(15)16)6-9(10)13-12/h4-6,13H,7H2,1-3H3,(H,15,16). The highest BCUT2D eigenvalue weighted by Crippen LogP contribution is 2.36. The van der Waals surface area contributed by atoms with Gasteiger partial charge in [0, 0.05) is 0 Å². The number of carboxylic acid groups (broad SMARTS) is 1. The normalized spacial score (nSPS) is 17.5. The number of hydrogen-bond donors (Lipinski definition) is 2. The SMILES string of the molecule is CC1(C)CN(S(C)(=O)=O)c2ccc(C(=O)O)cc2N1. The predicted octanol–water partition coefficient (Wildman–Crippen LogP) is 1.35. The highest BCUT2D eigenvalue weighted by Gasteiger charge is 2.34. The molecule has 7 heteroatoms. The number of fused-ring (bicyclic) bond motifs is 1. The monoisotopic (exact) mass is 284 g/mol. The number of nitrogens with one attached hydrogen (secondary N) is 1. The van der Waals surface area contributed by atoms with Crippen molar-refractivity contribution in [2.45, 2.75) is 19.4 Å². The molecule has 6 nitrogen and oxygen atoms in total. The molecule has 2 rings (SSSR count). The van der Waals surface area contributed by atoms with Crippen LogP contribution in [0.25, 0.3) is 0 Å². The summed E-state index contributed by atoms with van der Waals surface area (Å²) in [6, 6.07) is 4.37. The van der Waals surface area contributed by atoms with E-state index >= 15 is 0 Å². The van der Waals surface area contributed by atoms with E-state index in [-0.39, 0.29) is 5.56 Å². The molecule has 19 heavy (non-hydrogen) atoms. The molecule has 104 valence electrons. The summed E-state index contributed by atoms with van der Waals surface area (Å²) in [4.78, 5) is 11.0. The second-order valence-corrected chi connectivity index (χ2v) is 7.22. The molecule has 0 aromatic heterocycles. The van der Waals surface area contributed by atoms with Crippen molar-refractivity contribution in [1.29, 1.82) is 0 Å². The van der Waals surface area contributed by atoms with Gasteiger partial charge in [-0.3, -0.25) is 4.31 Å². The predicted molar refractivity (Wildman–Crippen MR) is 73.3 cm³/mol. The summed E-state index contributed by atoms with van der Waals surface area (Å²) in [7, 11) is -3.40. The molecule has 1 heterocycles. The second kappa shape index (κ2) is 4.12. The zero-order chi connectivity index (χ0) is 14.4. The summed E-state index contributed by atoms with van der Waals surface area (Å²) >= 11 is 0. The van der Waals surface area contributed by atoms with Gasteiger partial charge in [0.1, 0.15) is 0 Å². The zero-order valence-corrected chi connectivity index (χ0v) is 11.8. The Morgan fingerprint density at radius 1 is 1.42 bits per heavy atom. The summed E-state index contributed by atoms with van der Waals surface area (Å²) in [6.07, 6.45) is 1.14. The van der Waals surface area contributed by atoms with Gasteiger partial charge >= 0.3 is 5.97 Å². The van der Waals surface area contributed by atoms with E-state index in [0.29, 0.717) is 17.9 Å². The van der Waals surface area contributed by atoms with E-state index in [4.69, 9.17) is 5.11 Å². The molecule has 0 spiro atoms. The minimum atomic E-state index is -3.40. The highest BCUT2D eigenvalue weighted by molar-refractivity contribution is 7.92. The van der Waals surface area contributed by atoms with Crippen LogP contribution in [0.2, 0.25) is 0 Å². The third kappa shape index (κ3) is 2.65. The van der Waals surface area contributed by atoms with Crippen LogP contribution in [0.15, 0.2) is 18.2 Å². The zero-order valence-electron chi connectivity index (χ0n) is 11.0. The number of carboxylic acids is 1. The summed E-state index contributed by atoms with van der Waals surface area (Å²) in [6.45, 7) is 4.02. The number of carbonyl (C=O) groups is 1. The Bertz CT molecular complexity index is 637. The molecule has 0 bridgehead atoms. The van der Waals surface area contributed by atoms with E-state index < -0.39 is 21.5 Å². The molecule has 0 saturated heterocycles. The van der Waals surface area contributed by atoms with Gasteiger partial charge in [0.25, 0.3) is 0 Å². The van der Waals surface area contributed by atoms with Crippen LogP contribution in [0.3, 0.4) is 0 Å². The van der Waals surface area contributed by atoms with Gasteiger partial charge in [-0.2, -0.15) is 0 Å².